The quantitative estimate of drug-likeness (QED) is 0.335. The van der Waals surface area contributed by atoms with Crippen molar-refractivity contribution in [2.45, 2.75) is 51.8 Å². The fourth-order valence-corrected chi connectivity index (χ4v) is 5.71. The first kappa shape index (κ1) is 27.8. The summed E-state index contributed by atoms with van der Waals surface area (Å²) in [6.45, 7) is 11.5. The van der Waals surface area contributed by atoms with Gasteiger partial charge in [-0.05, 0) is 67.8 Å². The summed E-state index contributed by atoms with van der Waals surface area (Å²) in [6, 6.07) is 18.5. The number of likely N-dealkylation sites (tertiary alicyclic amines) is 1. The number of aliphatic hydroxyl groups excluding tert-OH is 1. The van der Waals surface area contributed by atoms with E-state index >= 15 is 0 Å². The molecule has 8 heteroatoms. The molecule has 0 saturated carbocycles. The van der Waals surface area contributed by atoms with Crippen LogP contribution in [0.1, 0.15) is 48.1 Å². The van der Waals surface area contributed by atoms with Crippen molar-refractivity contribution in [2.24, 2.45) is 9.98 Å². The zero-order valence-corrected chi connectivity index (χ0v) is 23.5. The van der Waals surface area contributed by atoms with Crippen LogP contribution in [0.5, 0.6) is 5.75 Å². The van der Waals surface area contributed by atoms with Gasteiger partial charge in [-0.25, -0.2) is 9.98 Å². The molecule has 1 fully saturated rings. The summed E-state index contributed by atoms with van der Waals surface area (Å²) in [6.07, 6.45) is 4.26. The van der Waals surface area contributed by atoms with Crippen LogP contribution in [0.4, 0.5) is 5.82 Å². The van der Waals surface area contributed by atoms with Crippen molar-refractivity contribution in [2.75, 3.05) is 32.8 Å². The highest BCUT2D eigenvalue weighted by Gasteiger charge is 2.24. The number of amides is 1. The third kappa shape index (κ3) is 6.51. The summed E-state index contributed by atoms with van der Waals surface area (Å²) in [5, 5.41) is 10.7. The van der Waals surface area contributed by atoms with Crippen molar-refractivity contribution in [3.63, 3.8) is 0 Å². The van der Waals surface area contributed by atoms with Crippen LogP contribution in [0.2, 0.25) is 0 Å². The van der Waals surface area contributed by atoms with Crippen molar-refractivity contribution >= 4 is 24.3 Å². The summed E-state index contributed by atoms with van der Waals surface area (Å²) in [5.74, 6) is 2.15. The number of fused-ring (bicyclic) bond motifs is 1. The van der Waals surface area contributed by atoms with Crippen LogP contribution < -0.4 is 4.74 Å². The van der Waals surface area contributed by atoms with Gasteiger partial charge in [0, 0.05) is 57.4 Å². The van der Waals surface area contributed by atoms with Gasteiger partial charge in [0.15, 0.2) is 5.84 Å². The molecule has 0 bridgehead atoms. The lowest BCUT2D eigenvalue weighted by atomic mass is 10.00. The standard InChI is InChI=1S/C32H39N5O3/c1-23-11-18-37(28-13-16-36(17-14-28)24(2)38)32(23)34-31(33-3)26-9-6-10-30(19-26)40-22-29(39)21-35-15-12-25-7-4-5-8-27(25)20-35/h4-11,18-19,28-29,39H,3,12-17,20-22H2,1-2H3. The Morgan fingerprint density at radius 1 is 1.10 bits per heavy atom. The Hall–Kier alpha value is -3.75. The molecule has 3 aromatic rings. The minimum Gasteiger partial charge on any atom is -0.491 e. The number of hydrogen-bond acceptors (Lipinski definition) is 5. The van der Waals surface area contributed by atoms with Crippen LogP contribution in [-0.2, 0) is 17.8 Å². The number of aryl methyl sites for hydroxylation is 1. The molecule has 0 radical (unpaired) electrons. The van der Waals surface area contributed by atoms with E-state index in [0.29, 0.717) is 18.1 Å². The Kier molecular flexibility index (Phi) is 8.77. The number of rotatable bonds is 8. The Bertz CT molecular complexity index is 1370. The lowest BCUT2D eigenvalue weighted by Crippen LogP contribution is -2.38. The Balaban J connectivity index is 1.23. The molecular formula is C32H39N5O3. The smallest absolute Gasteiger partial charge is 0.219 e. The molecule has 1 atom stereocenters. The first-order valence-electron chi connectivity index (χ1n) is 14.1. The van der Waals surface area contributed by atoms with Gasteiger partial charge in [-0.3, -0.25) is 9.69 Å². The van der Waals surface area contributed by atoms with Gasteiger partial charge in [0.1, 0.15) is 24.3 Å². The van der Waals surface area contributed by atoms with Crippen molar-refractivity contribution in [1.29, 1.82) is 0 Å². The number of carbonyl (C=O) groups is 1. The van der Waals surface area contributed by atoms with Crippen molar-refractivity contribution in [3.8, 4) is 5.75 Å². The summed E-state index contributed by atoms with van der Waals surface area (Å²) >= 11 is 0. The van der Waals surface area contributed by atoms with Crippen molar-refractivity contribution in [3.05, 3.63) is 83.0 Å². The highest BCUT2D eigenvalue weighted by Crippen LogP contribution is 2.31. The number of benzene rings is 2. The molecule has 8 nitrogen and oxygen atoms in total. The van der Waals surface area contributed by atoms with Crippen LogP contribution in [0, 0.1) is 6.92 Å². The molecule has 40 heavy (non-hydrogen) atoms. The number of carbonyl (C=O) groups excluding carboxylic acids is 1. The maximum absolute atomic E-state index is 11.7. The second-order valence-electron chi connectivity index (χ2n) is 10.8. The van der Waals surface area contributed by atoms with Gasteiger partial charge in [0.25, 0.3) is 0 Å². The van der Waals surface area contributed by atoms with E-state index in [-0.39, 0.29) is 18.6 Å². The number of hydrogen-bond donors (Lipinski definition) is 1. The predicted octanol–water partition coefficient (Wildman–Crippen LogP) is 4.56. The average molecular weight is 542 g/mol. The molecule has 2 aliphatic heterocycles. The minimum atomic E-state index is -0.597. The fourth-order valence-electron chi connectivity index (χ4n) is 5.71. The molecule has 1 saturated heterocycles. The maximum atomic E-state index is 11.7. The van der Waals surface area contributed by atoms with Crippen LogP contribution in [-0.4, -0.2) is 76.8 Å². The van der Waals surface area contributed by atoms with Crippen LogP contribution in [0.25, 0.3) is 0 Å². The number of β-amino-alcohol motifs (C(OH)–C–C–N with tert-alkyl or cyclic N) is 1. The van der Waals surface area contributed by atoms with E-state index < -0.39 is 6.10 Å². The SMILES string of the molecule is C=NC(=Nc1c(C)ccn1C1CCN(C(C)=O)CC1)c1cccc(OCC(O)CN2CCc3ccccc3C2)c1. The highest BCUT2D eigenvalue weighted by atomic mass is 16.5. The van der Waals surface area contributed by atoms with Crippen LogP contribution in [0.3, 0.4) is 0 Å². The Morgan fingerprint density at radius 3 is 2.62 bits per heavy atom. The molecule has 0 aliphatic carbocycles. The Morgan fingerprint density at radius 2 is 1.88 bits per heavy atom. The molecule has 2 aliphatic rings. The van der Waals surface area contributed by atoms with E-state index in [1.807, 2.05) is 36.1 Å². The molecule has 1 amide bonds. The van der Waals surface area contributed by atoms with E-state index in [0.717, 1.165) is 62.4 Å². The molecule has 3 heterocycles. The summed E-state index contributed by atoms with van der Waals surface area (Å²) in [5.41, 5.74) is 4.59. The number of aromatic nitrogens is 1. The van der Waals surface area contributed by atoms with Crippen molar-refractivity contribution < 1.29 is 14.6 Å². The Labute approximate surface area is 236 Å². The van der Waals surface area contributed by atoms with Crippen LogP contribution in [0.15, 0.2) is 70.8 Å². The molecule has 210 valence electrons. The predicted molar refractivity (Wildman–Crippen MR) is 159 cm³/mol. The van der Waals surface area contributed by atoms with E-state index in [9.17, 15) is 9.90 Å². The molecule has 1 N–H and O–H groups in total. The molecule has 0 spiro atoms. The normalized spacial score (nSPS) is 17.4. The van der Waals surface area contributed by atoms with E-state index in [1.165, 1.54) is 11.1 Å². The van der Waals surface area contributed by atoms with E-state index in [1.54, 1.807) is 6.92 Å². The van der Waals surface area contributed by atoms with Gasteiger partial charge in [-0.1, -0.05) is 36.4 Å². The number of piperidine rings is 1. The van der Waals surface area contributed by atoms with Gasteiger partial charge in [0.2, 0.25) is 5.91 Å². The van der Waals surface area contributed by atoms with Gasteiger partial charge in [-0.15, -0.1) is 0 Å². The third-order valence-electron chi connectivity index (χ3n) is 7.96. The highest BCUT2D eigenvalue weighted by molar-refractivity contribution is 6.03. The largest absolute Gasteiger partial charge is 0.491 e. The summed E-state index contributed by atoms with van der Waals surface area (Å²) in [4.78, 5) is 25.1. The zero-order valence-electron chi connectivity index (χ0n) is 23.5. The molecule has 5 rings (SSSR count). The van der Waals surface area contributed by atoms with Crippen LogP contribution >= 0.6 is 0 Å². The first-order chi connectivity index (χ1) is 19.4. The van der Waals surface area contributed by atoms with Gasteiger partial charge in [-0.2, -0.15) is 0 Å². The third-order valence-corrected chi connectivity index (χ3v) is 7.96. The maximum Gasteiger partial charge on any atom is 0.219 e. The molecule has 1 unspecified atom stereocenters. The second kappa shape index (κ2) is 12.6. The van der Waals surface area contributed by atoms with Gasteiger partial charge < -0.3 is 19.3 Å². The number of nitrogens with zero attached hydrogens (tertiary/aromatic N) is 5. The number of ether oxygens (including phenoxy) is 1. The van der Waals surface area contributed by atoms with E-state index in [2.05, 4.69) is 57.7 Å². The minimum absolute atomic E-state index is 0.130. The fraction of sp³-hybridized carbons (Fsp3) is 0.406. The van der Waals surface area contributed by atoms with Crippen molar-refractivity contribution in [1.82, 2.24) is 14.4 Å². The summed E-state index contributed by atoms with van der Waals surface area (Å²) in [7, 11) is 0. The molecule has 1 aromatic heterocycles. The van der Waals surface area contributed by atoms with Gasteiger partial charge in [0.05, 0.1) is 0 Å². The monoisotopic (exact) mass is 541 g/mol. The average Bonchev–Trinajstić information content (AvgIpc) is 3.34. The summed E-state index contributed by atoms with van der Waals surface area (Å²) < 4.78 is 8.19. The number of aliphatic imine (C=N–C) groups is 2. The first-order valence-corrected chi connectivity index (χ1v) is 14.1. The number of amidine groups is 1. The zero-order chi connectivity index (χ0) is 28.1. The number of aliphatic hydroxyl groups is 1. The molecule has 2 aromatic carbocycles. The van der Waals surface area contributed by atoms with E-state index in [4.69, 9.17) is 9.73 Å². The lowest BCUT2D eigenvalue weighted by Gasteiger charge is -2.32. The topological polar surface area (TPSA) is 82.7 Å². The molecular weight excluding hydrogens is 502 g/mol. The second-order valence-corrected chi connectivity index (χ2v) is 10.8. The van der Waals surface area contributed by atoms with Gasteiger partial charge >= 0.3 is 0 Å². The lowest BCUT2D eigenvalue weighted by molar-refractivity contribution is -0.130.